The molecule has 0 amide bonds. The van der Waals surface area contributed by atoms with E-state index in [-0.39, 0.29) is 44.0 Å². The van der Waals surface area contributed by atoms with Gasteiger partial charge in [-0.2, -0.15) is 0 Å². The molecule has 0 spiro atoms. The van der Waals surface area contributed by atoms with Crippen molar-refractivity contribution in [2.45, 2.75) is 12.4 Å². The van der Waals surface area contributed by atoms with E-state index in [1.807, 2.05) is 36.4 Å². The van der Waals surface area contributed by atoms with E-state index in [0.29, 0.717) is 0 Å². The van der Waals surface area contributed by atoms with Gasteiger partial charge in [-0.15, -0.1) is 0 Å². The van der Waals surface area contributed by atoms with Gasteiger partial charge in [-0.1, -0.05) is 0 Å². The zero-order valence-electron chi connectivity index (χ0n) is 19.5. The van der Waals surface area contributed by atoms with Crippen LogP contribution in [0.5, 0.6) is 0 Å². The first-order valence-corrected chi connectivity index (χ1v) is 16.3. The average molecular weight is 729 g/mol. The van der Waals surface area contributed by atoms with Crippen LogP contribution in [0.3, 0.4) is 0 Å². The Balaban J connectivity index is 1.31. The minimum atomic E-state index is -4.36. The van der Waals surface area contributed by atoms with Crippen LogP contribution in [0.1, 0.15) is 11.1 Å². The molecule has 0 atom stereocenters. The Bertz CT molecular complexity index is 1650. The molecule has 2 nitrogen and oxygen atoms in total. The summed E-state index contributed by atoms with van der Waals surface area (Å²) in [6.07, 6.45) is -8.73. The number of halogens is 6. The molecule has 0 bridgehead atoms. The van der Waals surface area contributed by atoms with Crippen molar-refractivity contribution >= 4 is 55.0 Å². The molecule has 0 aliphatic rings. The second-order valence-corrected chi connectivity index (χ2v) is 14.3. The fraction of sp³-hybridized carbons (Fsp3) is 0.0714. The predicted molar refractivity (Wildman–Crippen MR) is 142 cm³/mol. The van der Waals surface area contributed by atoms with Gasteiger partial charge in [0, 0.05) is 0 Å². The van der Waals surface area contributed by atoms with Crippen LogP contribution in [0.25, 0.3) is 51.0 Å². The number of hydrogen-bond acceptors (Lipinski definition) is 2. The Morgan fingerprint density at radius 2 is 0.795 bits per heavy atom. The van der Waals surface area contributed by atoms with E-state index in [4.69, 9.17) is 7.96 Å². The van der Waals surface area contributed by atoms with Crippen LogP contribution in [0.15, 0.2) is 84.9 Å². The number of alkyl halides is 6. The van der Waals surface area contributed by atoms with Crippen molar-refractivity contribution in [3.05, 3.63) is 96.1 Å². The zero-order chi connectivity index (χ0) is 27.4. The standard InChI is InChI=1S/C28H14F6N2Se3/c29-27(30,31)17-5-1-15(2-6-17)21-11-13-23(37-21)19-9-10-20(26-25(19)35-39-36-26)24-14-12-22(38-24)16-3-7-18(8-4-16)28(32,33)34/h1-14H. The third-order valence-electron chi connectivity index (χ3n) is 6.15. The van der Waals surface area contributed by atoms with E-state index < -0.39 is 23.5 Å². The maximum absolute atomic E-state index is 12.9. The molecule has 0 aliphatic carbocycles. The van der Waals surface area contributed by atoms with Crippen LogP contribution >= 0.6 is 0 Å². The van der Waals surface area contributed by atoms with Crippen LogP contribution < -0.4 is 0 Å². The Kier molecular flexibility index (Phi) is 6.87. The summed E-state index contributed by atoms with van der Waals surface area (Å²) in [7, 11) is 0. The van der Waals surface area contributed by atoms with Crippen LogP contribution in [0.4, 0.5) is 26.3 Å². The van der Waals surface area contributed by atoms with Crippen molar-refractivity contribution in [3.63, 3.8) is 0 Å². The minimum absolute atomic E-state index is 0.103. The number of aromatic nitrogens is 2. The number of nitrogens with zero attached hydrogens (tertiary/aromatic N) is 2. The van der Waals surface area contributed by atoms with Crippen molar-refractivity contribution in [3.8, 4) is 40.0 Å². The molecule has 0 unspecified atom stereocenters. The quantitative estimate of drug-likeness (QED) is 0.139. The fourth-order valence-corrected chi connectivity index (χ4v) is 9.74. The molecule has 0 saturated heterocycles. The molecule has 0 radical (unpaired) electrons. The normalized spacial score (nSPS) is 12.4. The van der Waals surface area contributed by atoms with Gasteiger partial charge in [0.05, 0.1) is 0 Å². The summed E-state index contributed by atoms with van der Waals surface area (Å²) in [4.78, 5) is 0. The molecule has 6 rings (SSSR count). The van der Waals surface area contributed by atoms with E-state index in [1.54, 1.807) is 0 Å². The van der Waals surface area contributed by atoms with Crippen molar-refractivity contribution in [1.82, 2.24) is 7.96 Å². The van der Waals surface area contributed by atoms with Gasteiger partial charge in [-0.05, 0) is 0 Å². The maximum atomic E-state index is 12.9. The molecule has 39 heavy (non-hydrogen) atoms. The Morgan fingerprint density at radius 1 is 0.436 bits per heavy atom. The zero-order valence-corrected chi connectivity index (χ0v) is 24.6. The number of fused-ring (bicyclic) bond motifs is 1. The van der Waals surface area contributed by atoms with Crippen LogP contribution in [0.2, 0.25) is 0 Å². The average Bonchev–Trinajstić information content (AvgIpc) is 3.68. The molecule has 3 aromatic heterocycles. The molecule has 196 valence electrons. The molecule has 6 aromatic rings. The molecule has 0 fully saturated rings. The molecule has 0 saturated carbocycles. The fourth-order valence-electron chi connectivity index (χ4n) is 4.19. The number of benzene rings is 3. The first-order chi connectivity index (χ1) is 18.6. The second-order valence-electron chi connectivity index (χ2n) is 8.60. The Labute approximate surface area is 236 Å². The predicted octanol–water partition coefficient (Wildman–Crippen LogP) is 7.51. The van der Waals surface area contributed by atoms with E-state index in [0.717, 1.165) is 75.3 Å². The molecular weight excluding hydrogens is 715 g/mol. The summed E-state index contributed by atoms with van der Waals surface area (Å²) in [6, 6.07) is 22.5. The number of hydrogen-bond donors (Lipinski definition) is 0. The summed E-state index contributed by atoms with van der Waals surface area (Å²) in [6.45, 7) is 0. The first-order valence-electron chi connectivity index (χ1n) is 11.4. The van der Waals surface area contributed by atoms with Gasteiger partial charge in [0.15, 0.2) is 0 Å². The van der Waals surface area contributed by atoms with E-state index >= 15 is 0 Å². The monoisotopic (exact) mass is 732 g/mol. The van der Waals surface area contributed by atoms with Crippen molar-refractivity contribution in [2.24, 2.45) is 0 Å². The van der Waals surface area contributed by atoms with Crippen LogP contribution in [-0.2, 0) is 12.4 Å². The Morgan fingerprint density at radius 3 is 1.15 bits per heavy atom. The summed E-state index contributed by atoms with van der Waals surface area (Å²) in [5.74, 6) is 0. The topological polar surface area (TPSA) is 25.8 Å². The van der Waals surface area contributed by atoms with E-state index in [9.17, 15) is 26.3 Å². The van der Waals surface area contributed by atoms with Crippen LogP contribution in [-0.4, -0.2) is 51.9 Å². The van der Waals surface area contributed by atoms with Gasteiger partial charge in [-0.25, -0.2) is 0 Å². The SMILES string of the molecule is FC(F)(F)c1ccc(-c2ccc(-c3ccc(-c4ccc(-c5ccc(C(F)(F)F)cc5)[se]4)c4n[se]nc34)[se]2)cc1. The van der Waals surface area contributed by atoms with Crippen molar-refractivity contribution < 1.29 is 26.3 Å². The summed E-state index contributed by atoms with van der Waals surface area (Å²) in [5, 5.41) is 0. The van der Waals surface area contributed by atoms with Crippen molar-refractivity contribution in [1.29, 1.82) is 0 Å². The van der Waals surface area contributed by atoms with Gasteiger partial charge in [0.25, 0.3) is 0 Å². The van der Waals surface area contributed by atoms with Crippen LogP contribution in [0, 0.1) is 0 Å². The molecule has 3 heterocycles. The molecule has 0 N–H and O–H groups in total. The van der Waals surface area contributed by atoms with Gasteiger partial charge in [-0.3, -0.25) is 0 Å². The van der Waals surface area contributed by atoms with Gasteiger partial charge in [0.1, 0.15) is 0 Å². The van der Waals surface area contributed by atoms with E-state index in [1.165, 1.54) is 24.3 Å². The number of rotatable bonds is 4. The third-order valence-corrected chi connectivity index (χ3v) is 12.2. The second kappa shape index (κ2) is 10.1. The summed E-state index contributed by atoms with van der Waals surface area (Å²) < 4.78 is 91.1. The van der Waals surface area contributed by atoms with Gasteiger partial charge < -0.3 is 0 Å². The molecule has 3 aromatic carbocycles. The molecule has 0 aliphatic heterocycles. The molecular formula is C28H14F6N2Se3. The van der Waals surface area contributed by atoms with E-state index in [2.05, 4.69) is 0 Å². The van der Waals surface area contributed by atoms with Gasteiger partial charge >= 0.3 is 238 Å². The Hall–Kier alpha value is -2.64. The third kappa shape index (κ3) is 5.28. The summed E-state index contributed by atoms with van der Waals surface area (Å²) in [5.41, 5.74) is 3.85. The molecule has 11 heteroatoms. The van der Waals surface area contributed by atoms with Gasteiger partial charge in [0.2, 0.25) is 0 Å². The first kappa shape index (κ1) is 26.6. The summed E-state index contributed by atoms with van der Waals surface area (Å²) >= 11 is -0.485. The van der Waals surface area contributed by atoms with Crippen molar-refractivity contribution in [2.75, 3.05) is 0 Å².